The molecule has 1 rings (SSSR count). The molecular weight excluding hydrogens is 210 g/mol. The molecule has 0 aliphatic rings. The van der Waals surface area contributed by atoms with Gasteiger partial charge in [0.15, 0.2) is 5.75 Å². The number of aromatic hydroxyl groups is 1. The van der Waals surface area contributed by atoms with Crippen molar-refractivity contribution in [3.63, 3.8) is 0 Å². The number of rotatable bonds is 2. The highest BCUT2D eigenvalue weighted by atomic mass is 32.2. The van der Waals surface area contributed by atoms with Gasteiger partial charge in [-0.2, -0.15) is 8.42 Å². The van der Waals surface area contributed by atoms with Gasteiger partial charge >= 0.3 is 0 Å². The number of phenolic OH excluding ortho intramolecular Hbond substituents is 1. The van der Waals surface area contributed by atoms with E-state index < -0.39 is 27.4 Å². The Kier molecular flexibility index (Phi) is 2.65. The molecule has 7 heteroatoms. The maximum Gasteiger partial charge on any atom is 0.298 e. The van der Waals surface area contributed by atoms with Crippen LogP contribution >= 0.6 is 0 Å². The zero-order valence-corrected chi connectivity index (χ0v) is 7.82. The molecule has 0 spiro atoms. The van der Waals surface area contributed by atoms with E-state index in [-0.39, 0.29) is 11.3 Å². The zero-order chi connectivity index (χ0) is 10.9. The second-order valence-corrected chi connectivity index (χ2v) is 4.05. The van der Waals surface area contributed by atoms with Crippen molar-refractivity contribution in [1.29, 1.82) is 0 Å². The Balaban J connectivity index is 3.51. The number of anilines is 1. The minimum atomic E-state index is -4.53. The molecule has 14 heavy (non-hydrogen) atoms. The molecule has 0 heterocycles. The van der Waals surface area contributed by atoms with Gasteiger partial charge in [0.25, 0.3) is 10.1 Å². The molecule has 1 aromatic rings. The maximum absolute atomic E-state index is 10.7. The van der Waals surface area contributed by atoms with Crippen molar-refractivity contribution in [2.75, 3.05) is 5.73 Å². The third-order valence-electron chi connectivity index (χ3n) is 1.62. The summed E-state index contributed by atoms with van der Waals surface area (Å²) in [5.74, 6) is -0.718. The minimum absolute atomic E-state index is 0.188. The predicted molar refractivity (Wildman–Crippen MR) is 48.3 cm³/mol. The summed E-state index contributed by atoms with van der Waals surface area (Å²) in [6, 6.07) is 2.16. The van der Waals surface area contributed by atoms with Gasteiger partial charge in [-0.05, 0) is 17.7 Å². The van der Waals surface area contributed by atoms with Crippen molar-refractivity contribution >= 4 is 15.8 Å². The van der Waals surface area contributed by atoms with Crippen LogP contribution in [0.4, 0.5) is 5.69 Å². The summed E-state index contributed by atoms with van der Waals surface area (Å²) < 4.78 is 30.2. The SMILES string of the molecule is Nc1cc(CO)cc(S(=O)(=O)O)c1O. The monoisotopic (exact) mass is 219 g/mol. The average molecular weight is 219 g/mol. The molecule has 0 unspecified atom stereocenters. The minimum Gasteiger partial charge on any atom is -0.504 e. The van der Waals surface area contributed by atoms with Crippen LogP contribution in [-0.4, -0.2) is 23.2 Å². The highest BCUT2D eigenvalue weighted by Crippen LogP contribution is 2.30. The molecule has 6 nitrogen and oxygen atoms in total. The Morgan fingerprint density at radius 3 is 2.36 bits per heavy atom. The van der Waals surface area contributed by atoms with Gasteiger partial charge in [0.05, 0.1) is 12.3 Å². The van der Waals surface area contributed by atoms with Crippen LogP contribution in [0.5, 0.6) is 5.75 Å². The van der Waals surface area contributed by atoms with Gasteiger partial charge in [-0.15, -0.1) is 0 Å². The Morgan fingerprint density at radius 2 is 1.93 bits per heavy atom. The smallest absolute Gasteiger partial charge is 0.298 e. The van der Waals surface area contributed by atoms with Gasteiger partial charge in [-0.25, -0.2) is 0 Å². The Labute approximate surface area is 80.4 Å². The van der Waals surface area contributed by atoms with Gasteiger partial charge in [-0.1, -0.05) is 0 Å². The van der Waals surface area contributed by atoms with E-state index in [2.05, 4.69) is 0 Å². The first-order valence-corrected chi connectivity index (χ1v) is 5.00. The molecule has 0 saturated heterocycles. The van der Waals surface area contributed by atoms with Crippen LogP contribution in [0.2, 0.25) is 0 Å². The molecule has 0 saturated carbocycles. The van der Waals surface area contributed by atoms with Crippen LogP contribution in [0.1, 0.15) is 5.56 Å². The van der Waals surface area contributed by atoms with Gasteiger partial charge in [-0.3, -0.25) is 4.55 Å². The summed E-state index contributed by atoms with van der Waals surface area (Å²) in [6.45, 7) is -0.437. The molecule has 5 N–H and O–H groups in total. The van der Waals surface area contributed by atoms with Crippen LogP contribution in [0.3, 0.4) is 0 Å². The number of aliphatic hydroxyl groups excluding tert-OH is 1. The molecule has 0 amide bonds. The lowest BCUT2D eigenvalue weighted by atomic mass is 10.2. The summed E-state index contributed by atoms with van der Waals surface area (Å²) in [6.07, 6.45) is 0. The van der Waals surface area contributed by atoms with E-state index in [1.807, 2.05) is 0 Å². The fourth-order valence-electron chi connectivity index (χ4n) is 0.977. The lowest BCUT2D eigenvalue weighted by Gasteiger charge is -2.06. The van der Waals surface area contributed by atoms with E-state index >= 15 is 0 Å². The van der Waals surface area contributed by atoms with Crippen molar-refractivity contribution in [1.82, 2.24) is 0 Å². The Morgan fingerprint density at radius 1 is 1.36 bits per heavy atom. The van der Waals surface area contributed by atoms with Gasteiger partial charge in [0.2, 0.25) is 0 Å². The van der Waals surface area contributed by atoms with Crippen molar-refractivity contribution in [2.45, 2.75) is 11.5 Å². The molecule has 0 atom stereocenters. The highest BCUT2D eigenvalue weighted by molar-refractivity contribution is 7.86. The molecule has 1 aromatic carbocycles. The number of hydrogen-bond donors (Lipinski definition) is 4. The fraction of sp³-hybridized carbons (Fsp3) is 0.143. The molecule has 0 aliphatic heterocycles. The molecule has 0 radical (unpaired) electrons. The summed E-state index contributed by atoms with van der Waals surface area (Å²) in [4.78, 5) is -0.707. The largest absolute Gasteiger partial charge is 0.504 e. The maximum atomic E-state index is 10.7. The van der Waals surface area contributed by atoms with Crippen LogP contribution in [-0.2, 0) is 16.7 Å². The van der Waals surface area contributed by atoms with Crippen molar-refractivity contribution < 1.29 is 23.2 Å². The van der Waals surface area contributed by atoms with Crippen molar-refractivity contribution in [3.05, 3.63) is 17.7 Å². The Bertz CT molecular complexity index is 453. The van der Waals surface area contributed by atoms with Crippen molar-refractivity contribution in [3.8, 4) is 5.75 Å². The van der Waals surface area contributed by atoms with E-state index in [1.165, 1.54) is 6.07 Å². The van der Waals surface area contributed by atoms with Crippen LogP contribution in [0.15, 0.2) is 17.0 Å². The first-order valence-electron chi connectivity index (χ1n) is 3.56. The highest BCUT2D eigenvalue weighted by Gasteiger charge is 2.18. The molecule has 0 aromatic heterocycles. The molecule has 78 valence electrons. The molecule has 0 fully saturated rings. The van der Waals surface area contributed by atoms with Crippen LogP contribution < -0.4 is 5.73 Å². The zero-order valence-electron chi connectivity index (χ0n) is 7.01. The van der Waals surface area contributed by atoms with Crippen LogP contribution in [0.25, 0.3) is 0 Å². The number of nitrogens with two attached hydrogens (primary N) is 1. The summed E-state index contributed by atoms with van der Waals surface area (Å²) >= 11 is 0. The molecule has 0 bridgehead atoms. The third-order valence-corrected chi connectivity index (χ3v) is 2.49. The number of phenols is 1. The number of nitrogen functional groups attached to an aromatic ring is 1. The summed E-state index contributed by atoms with van der Waals surface area (Å²) in [5, 5.41) is 17.9. The first kappa shape index (κ1) is 10.8. The average Bonchev–Trinajstić information content (AvgIpc) is 2.07. The second-order valence-electron chi connectivity index (χ2n) is 2.66. The number of aliphatic hydroxyl groups is 1. The lowest BCUT2D eigenvalue weighted by molar-refractivity contribution is 0.281. The van der Waals surface area contributed by atoms with E-state index in [9.17, 15) is 13.5 Å². The summed E-state index contributed by atoms with van der Waals surface area (Å²) in [7, 11) is -4.53. The molecular formula is C7H9NO5S. The van der Waals surface area contributed by atoms with E-state index in [1.54, 1.807) is 0 Å². The third kappa shape index (κ3) is 1.95. The number of hydrogen-bond acceptors (Lipinski definition) is 5. The molecule has 0 aliphatic carbocycles. The predicted octanol–water partition coefficient (Wildman–Crippen LogP) is -0.287. The summed E-state index contributed by atoms with van der Waals surface area (Å²) in [5.41, 5.74) is 5.23. The van der Waals surface area contributed by atoms with Crippen LogP contribution in [0, 0.1) is 0 Å². The van der Waals surface area contributed by atoms with Gasteiger partial charge < -0.3 is 15.9 Å². The quantitative estimate of drug-likeness (QED) is 0.308. The lowest BCUT2D eigenvalue weighted by Crippen LogP contribution is -2.02. The van der Waals surface area contributed by atoms with Gasteiger partial charge in [0, 0.05) is 0 Å². The van der Waals surface area contributed by atoms with Crippen molar-refractivity contribution in [2.24, 2.45) is 0 Å². The normalized spacial score (nSPS) is 11.6. The second kappa shape index (κ2) is 3.45. The van der Waals surface area contributed by atoms with E-state index in [0.29, 0.717) is 0 Å². The fourth-order valence-corrected chi connectivity index (χ4v) is 1.64. The standard InChI is InChI=1S/C7H9NO5S/c8-5-1-4(3-9)2-6(7(5)10)14(11,12)13/h1-2,9-10H,3,8H2,(H,11,12,13). The first-order chi connectivity index (χ1) is 6.36. The topological polar surface area (TPSA) is 121 Å². The van der Waals surface area contributed by atoms with E-state index in [4.69, 9.17) is 15.4 Å². The number of benzene rings is 1. The Hall–Kier alpha value is -1.31. The van der Waals surface area contributed by atoms with E-state index in [0.717, 1.165) is 6.07 Å². The van der Waals surface area contributed by atoms with Gasteiger partial charge in [0.1, 0.15) is 4.90 Å².